The Balaban J connectivity index is 3.42. The molecule has 4 nitrogen and oxygen atoms in total. The van der Waals surface area contributed by atoms with Crippen LogP contribution in [0.2, 0.25) is 0 Å². The molecular weight excluding hydrogens is 248 g/mol. The number of hydrogen-bond acceptors (Lipinski definition) is 4. The van der Waals surface area contributed by atoms with Crippen molar-refractivity contribution < 1.29 is 18.3 Å². The van der Waals surface area contributed by atoms with E-state index >= 15 is 0 Å². The van der Waals surface area contributed by atoms with Crippen molar-refractivity contribution in [2.75, 3.05) is 0 Å². The summed E-state index contributed by atoms with van der Waals surface area (Å²) in [6, 6.07) is 1.30. The van der Waals surface area contributed by atoms with Crippen LogP contribution in [0, 0.1) is 0 Å². The number of halogens is 1. The van der Waals surface area contributed by atoms with Crippen molar-refractivity contribution in [3.8, 4) is 0 Å². The molecule has 1 heterocycles. The zero-order chi connectivity index (χ0) is 10.9. The van der Waals surface area contributed by atoms with Crippen molar-refractivity contribution in [1.29, 1.82) is 0 Å². The van der Waals surface area contributed by atoms with E-state index in [1.165, 1.54) is 6.07 Å². The lowest BCUT2D eigenvalue weighted by Crippen LogP contribution is -1.99. The summed E-state index contributed by atoms with van der Waals surface area (Å²) in [6.07, 6.45) is 0.581. The van der Waals surface area contributed by atoms with E-state index in [2.05, 4.69) is 0 Å². The van der Waals surface area contributed by atoms with E-state index in [0.717, 1.165) is 11.3 Å². The normalized spacial score (nSPS) is 11.6. The lowest BCUT2D eigenvalue weighted by Gasteiger charge is -1.92. The molecule has 0 aromatic carbocycles. The Hall–Kier alpha value is -0.590. The average molecular weight is 255 g/mol. The Bertz CT molecular complexity index is 460. The second-order valence-electron chi connectivity index (χ2n) is 2.50. The summed E-state index contributed by atoms with van der Waals surface area (Å²) in [6.45, 7) is 1.81. The standard InChI is InChI=1S/C7H7ClO4S2/c1-2-4-3-5(14(8,11)12)6(13-4)7(9)10/h3H,2H2,1H3,(H,9,10). The van der Waals surface area contributed by atoms with Gasteiger partial charge in [0.15, 0.2) is 0 Å². The first kappa shape index (κ1) is 11.5. The fourth-order valence-corrected chi connectivity index (χ4v) is 3.38. The van der Waals surface area contributed by atoms with Crippen molar-refractivity contribution in [3.05, 3.63) is 15.8 Å². The number of thiophene rings is 1. The highest BCUT2D eigenvalue weighted by atomic mass is 35.7. The number of hydrogen-bond donors (Lipinski definition) is 1. The van der Waals surface area contributed by atoms with Gasteiger partial charge in [-0.05, 0) is 12.5 Å². The van der Waals surface area contributed by atoms with Crippen LogP contribution in [0.5, 0.6) is 0 Å². The first-order chi connectivity index (χ1) is 6.36. The van der Waals surface area contributed by atoms with Crippen LogP contribution in [0.3, 0.4) is 0 Å². The van der Waals surface area contributed by atoms with Gasteiger partial charge in [0, 0.05) is 15.6 Å². The molecule has 7 heteroatoms. The van der Waals surface area contributed by atoms with Crippen LogP contribution >= 0.6 is 22.0 Å². The summed E-state index contributed by atoms with van der Waals surface area (Å²) < 4.78 is 22.0. The van der Waals surface area contributed by atoms with E-state index in [4.69, 9.17) is 15.8 Å². The summed E-state index contributed by atoms with van der Waals surface area (Å²) in [5.41, 5.74) is 0. The van der Waals surface area contributed by atoms with Gasteiger partial charge in [0.25, 0.3) is 9.05 Å². The number of rotatable bonds is 3. The van der Waals surface area contributed by atoms with Gasteiger partial charge >= 0.3 is 5.97 Å². The molecular formula is C7H7ClO4S2. The minimum absolute atomic E-state index is 0.225. The SMILES string of the molecule is CCc1cc(S(=O)(=O)Cl)c(C(=O)O)s1. The predicted molar refractivity (Wildman–Crippen MR) is 53.7 cm³/mol. The summed E-state index contributed by atoms with van der Waals surface area (Å²) >= 11 is 0.931. The average Bonchev–Trinajstić information content (AvgIpc) is 2.46. The van der Waals surface area contributed by atoms with Gasteiger partial charge in [-0.3, -0.25) is 0 Å². The van der Waals surface area contributed by atoms with Crippen LogP contribution in [0.1, 0.15) is 21.5 Å². The zero-order valence-corrected chi connectivity index (χ0v) is 9.54. The molecule has 0 aliphatic heterocycles. The molecule has 0 bridgehead atoms. The fraction of sp³-hybridized carbons (Fsp3) is 0.286. The first-order valence-corrected chi connectivity index (χ1v) is 6.79. The van der Waals surface area contributed by atoms with Gasteiger partial charge in [0.05, 0.1) is 0 Å². The molecule has 1 aromatic rings. The van der Waals surface area contributed by atoms with Crippen molar-refractivity contribution in [2.45, 2.75) is 18.2 Å². The molecule has 0 unspecified atom stereocenters. The van der Waals surface area contributed by atoms with Gasteiger partial charge in [0.2, 0.25) is 0 Å². The minimum Gasteiger partial charge on any atom is -0.477 e. The van der Waals surface area contributed by atoms with Crippen LogP contribution < -0.4 is 0 Å². The van der Waals surface area contributed by atoms with E-state index in [1.807, 2.05) is 6.92 Å². The van der Waals surface area contributed by atoms with Gasteiger partial charge < -0.3 is 5.11 Å². The Morgan fingerprint density at radius 1 is 1.64 bits per heavy atom. The molecule has 1 N–H and O–H groups in total. The molecule has 0 saturated carbocycles. The molecule has 78 valence electrons. The van der Waals surface area contributed by atoms with Crippen LogP contribution in [0.25, 0.3) is 0 Å². The molecule has 0 aliphatic rings. The lowest BCUT2D eigenvalue weighted by molar-refractivity contribution is 0.0698. The second-order valence-corrected chi connectivity index (χ2v) is 6.17. The maximum Gasteiger partial charge on any atom is 0.347 e. The predicted octanol–water partition coefficient (Wildman–Crippen LogP) is 1.94. The number of aryl methyl sites for hydroxylation is 1. The Labute approximate surface area is 89.6 Å². The van der Waals surface area contributed by atoms with Crippen LogP contribution in [0.15, 0.2) is 11.0 Å². The molecule has 0 radical (unpaired) electrons. The maximum atomic E-state index is 11.0. The third kappa shape index (κ3) is 2.26. The lowest BCUT2D eigenvalue weighted by atomic mass is 10.3. The summed E-state index contributed by atoms with van der Waals surface area (Å²) in [4.78, 5) is 10.8. The Kier molecular flexibility index (Phi) is 3.18. The third-order valence-electron chi connectivity index (χ3n) is 1.55. The van der Waals surface area contributed by atoms with Gasteiger partial charge in [-0.1, -0.05) is 6.92 Å². The van der Waals surface area contributed by atoms with Crippen molar-refractivity contribution in [3.63, 3.8) is 0 Å². The largest absolute Gasteiger partial charge is 0.477 e. The molecule has 14 heavy (non-hydrogen) atoms. The highest BCUT2D eigenvalue weighted by Gasteiger charge is 2.23. The van der Waals surface area contributed by atoms with E-state index in [9.17, 15) is 13.2 Å². The van der Waals surface area contributed by atoms with E-state index in [1.54, 1.807) is 0 Å². The van der Waals surface area contributed by atoms with Gasteiger partial charge in [0.1, 0.15) is 9.77 Å². The van der Waals surface area contributed by atoms with Gasteiger partial charge in [-0.15, -0.1) is 11.3 Å². The fourth-order valence-electron chi connectivity index (χ4n) is 0.927. The molecule has 0 amide bonds. The minimum atomic E-state index is -3.97. The molecule has 0 fully saturated rings. The summed E-state index contributed by atoms with van der Waals surface area (Å²) in [5.74, 6) is -1.27. The molecule has 0 saturated heterocycles. The van der Waals surface area contributed by atoms with Crippen molar-refractivity contribution in [1.82, 2.24) is 0 Å². The first-order valence-electron chi connectivity index (χ1n) is 3.67. The number of carboxylic acids is 1. The van der Waals surface area contributed by atoms with E-state index < -0.39 is 15.0 Å². The monoisotopic (exact) mass is 254 g/mol. The molecule has 0 aliphatic carbocycles. The molecule has 1 aromatic heterocycles. The number of carbonyl (C=O) groups is 1. The number of aromatic carboxylic acids is 1. The highest BCUT2D eigenvalue weighted by Crippen LogP contribution is 2.29. The summed E-state index contributed by atoms with van der Waals surface area (Å²) in [5, 5.41) is 8.73. The van der Waals surface area contributed by atoms with Crippen molar-refractivity contribution >= 4 is 37.0 Å². The van der Waals surface area contributed by atoms with E-state index in [-0.39, 0.29) is 9.77 Å². The molecule has 1 rings (SSSR count). The van der Waals surface area contributed by atoms with E-state index in [0.29, 0.717) is 11.3 Å². The second kappa shape index (κ2) is 3.88. The van der Waals surface area contributed by atoms with Gasteiger partial charge in [-0.2, -0.15) is 0 Å². The third-order valence-corrected chi connectivity index (χ3v) is 4.30. The zero-order valence-electron chi connectivity index (χ0n) is 7.15. The Morgan fingerprint density at radius 2 is 2.21 bits per heavy atom. The maximum absolute atomic E-state index is 11.0. The summed E-state index contributed by atoms with van der Waals surface area (Å²) in [7, 11) is 1.13. The quantitative estimate of drug-likeness (QED) is 0.837. The van der Waals surface area contributed by atoms with Crippen LogP contribution in [-0.4, -0.2) is 19.5 Å². The number of carboxylic acid groups (broad SMARTS) is 1. The van der Waals surface area contributed by atoms with Crippen LogP contribution in [0.4, 0.5) is 0 Å². The van der Waals surface area contributed by atoms with Crippen molar-refractivity contribution in [2.24, 2.45) is 0 Å². The molecule has 0 atom stereocenters. The highest BCUT2D eigenvalue weighted by molar-refractivity contribution is 8.13. The van der Waals surface area contributed by atoms with Crippen LogP contribution in [-0.2, 0) is 15.5 Å². The smallest absolute Gasteiger partial charge is 0.347 e. The van der Waals surface area contributed by atoms with Gasteiger partial charge in [-0.25, -0.2) is 13.2 Å². The topological polar surface area (TPSA) is 71.4 Å². The Morgan fingerprint density at radius 3 is 2.50 bits per heavy atom. The molecule has 0 spiro atoms.